The second kappa shape index (κ2) is 7.40. The number of piperidine rings is 1. The highest BCUT2D eigenvalue weighted by molar-refractivity contribution is 7.09. The number of hydrogen-bond donors (Lipinski definition) is 1. The number of nitrogens with zero attached hydrogens (tertiary/aromatic N) is 3. The molecule has 0 unspecified atom stereocenters. The van der Waals surface area contributed by atoms with Gasteiger partial charge in [-0.1, -0.05) is 0 Å². The van der Waals surface area contributed by atoms with Gasteiger partial charge in [0.15, 0.2) is 0 Å². The molecule has 3 amide bonds. The molecule has 1 aromatic heterocycles. The first-order chi connectivity index (χ1) is 10.1. The first-order valence-corrected chi connectivity index (χ1v) is 8.16. The van der Waals surface area contributed by atoms with Gasteiger partial charge in [-0.05, 0) is 19.8 Å². The lowest BCUT2D eigenvalue weighted by molar-refractivity contribution is -0.128. The molecule has 0 aliphatic carbocycles. The van der Waals surface area contributed by atoms with Crippen LogP contribution in [0.5, 0.6) is 0 Å². The van der Waals surface area contributed by atoms with E-state index >= 15 is 0 Å². The number of amides is 3. The number of likely N-dealkylation sites (tertiary alicyclic amines) is 1. The summed E-state index contributed by atoms with van der Waals surface area (Å²) in [7, 11) is 1.73. The minimum Gasteiger partial charge on any atom is -0.345 e. The van der Waals surface area contributed by atoms with E-state index in [0.29, 0.717) is 25.6 Å². The molecule has 0 radical (unpaired) electrons. The number of likely N-dealkylation sites (N-methyl/N-ethyl adjacent to an activating group) is 1. The normalized spacial score (nSPS) is 15.8. The lowest BCUT2D eigenvalue weighted by atomic mass is 9.98. The Balaban J connectivity index is 1.74. The molecule has 0 atom stereocenters. The third kappa shape index (κ3) is 4.17. The summed E-state index contributed by atoms with van der Waals surface area (Å²) in [4.78, 5) is 31.4. The fraction of sp³-hybridized carbons (Fsp3) is 0.643. The number of hydrogen-bond acceptors (Lipinski definition) is 4. The van der Waals surface area contributed by atoms with Crippen molar-refractivity contribution in [1.29, 1.82) is 0 Å². The molecule has 7 heteroatoms. The smallest absolute Gasteiger partial charge is 0.317 e. The second-order valence-corrected chi connectivity index (χ2v) is 6.12. The highest BCUT2D eigenvalue weighted by Gasteiger charge is 2.25. The van der Waals surface area contributed by atoms with Gasteiger partial charge in [0.05, 0.1) is 11.6 Å². The highest BCUT2D eigenvalue weighted by Crippen LogP contribution is 2.29. The van der Waals surface area contributed by atoms with E-state index in [-0.39, 0.29) is 18.5 Å². The van der Waals surface area contributed by atoms with Gasteiger partial charge in [-0.3, -0.25) is 4.79 Å². The predicted molar refractivity (Wildman–Crippen MR) is 82.4 cm³/mol. The van der Waals surface area contributed by atoms with Crippen molar-refractivity contribution in [3.8, 4) is 0 Å². The molecule has 21 heavy (non-hydrogen) atoms. The van der Waals surface area contributed by atoms with Crippen LogP contribution in [0.4, 0.5) is 4.79 Å². The standard InChI is InChI=1S/C14H22N4O2S/c1-3-17(2)12(19)10-16-14(20)18-7-4-11(5-8-18)13-15-6-9-21-13/h6,9,11H,3-5,7-8,10H2,1-2H3,(H,16,20). The number of carbonyl (C=O) groups excluding carboxylic acids is 2. The van der Waals surface area contributed by atoms with Crippen molar-refractivity contribution in [2.75, 3.05) is 33.2 Å². The van der Waals surface area contributed by atoms with Crippen molar-refractivity contribution in [3.05, 3.63) is 16.6 Å². The molecule has 0 spiro atoms. The summed E-state index contributed by atoms with van der Waals surface area (Å²) >= 11 is 1.68. The highest BCUT2D eigenvalue weighted by atomic mass is 32.1. The molecule has 1 N–H and O–H groups in total. The maximum absolute atomic E-state index is 12.0. The van der Waals surface area contributed by atoms with Crippen molar-refractivity contribution < 1.29 is 9.59 Å². The van der Waals surface area contributed by atoms with Crippen LogP contribution < -0.4 is 5.32 Å². The number of thiazole rings is 1. The molecule has 1 saturated heterocycles. The van der Waals surface area contributed by atoms with E-state index in [1.54, 1.807) is 28.2 Å². The number of carbonyl (C=O) groups is 2. The van der Waals surface area contributed by atoms with Crippen LogP contribution in [0, 0.1) is 0 Å². The van der Waals surface area contributed by atoms with E-state index in [1.165, 1.54) is 0 Å². The first kappa shape index (κ1) is 15.8. The van der Waals surface area contributed by atoms with Crippen LogP contribution in [0.2, 0.25) is 0 Å². The molecule has 2 rings (SSSR count). The van der Waals surface area contributed by atoms with Gasteiger partial charge in [0.25, 0.3) is 0 Å². The molecular weight excluding hydrogens is 288 g/mol. The lowest BCUT2D eigenvalue weighted by Gasteiger charge is -2.31. The van der Waals surface area contributed by atoms with Crippen LogP contribution in [0.15, 0.2) is 11.6 Å². The topological polar surface area (TPSA) is 65.5 Å². The van der Waals surface area contributed by atoms with E-state index in [2.05, 4.69) is 10.3 Å². The van der Waals surface area contributed by atoms with Crippen molar-refractivity contribution in [2.45, 2.75) is 25.7 Å². The Morgan fingerprint density at radius 1 is 1.48 bits per heavy atom. The van der Waals surface area contributed by atoms with Gasteiger partial charge in [-0.15, -0.1) is 11.3 Å². The van der Waals surface area contributed by atoms with Crippen LogP contribution >= 0.6 is 11.3 Å². The summed E-state index contributed by atoms with van der Waals surface area (Å²) in [5.41, 5.74) is 0. The zero-order valence-corrected chi connectivity index (χ0v) is 13.4. The van der Waals surface area contributed by atoms with Crippen LogP contribution in [0.25, 0.3) is 0 Å². The van der Waals surface area contributed by atoms with Crippen LogP contribution in [-0.2, 0) is 4.79 Å². The molecule has 1 aromatic rings. The van der Waals surface area contributed by atoms with Gasteiger partial charge in [0.2, 0.25) is 5.91 Å². The molecule has 0 saturated carbocycles. The van der Waals surface area contributed by atoms with Crippen LogP contribution in [-0.4, -0.2) is 59.9 Å². The Kier molecular flexibility index (Phi) is 5.55. The number of nitrogens with one attached hydrogen (secondary N) is 1. The zero-order valence-electron chi connectivity index (χ0n) is 12.5. The van der Waals surface area contributed by atoms with E-state index in [1.807, 2.05) is 18.5 Å². The molecule has 0 bridgehead atoms. The average molecular weight is 310 g/mol. The Labute approximate surface area is 129 Å². The maximum Gasteiger partial charge on any atom is 0.317 e. The summed E-state index contributed by atoms with van der Waals surface area (Å²) in [5, 5.41) is 5.85. The molecule has 116 valence electrons. The van der Waals surface area contributed by atoms with Crippen LogP contribution in [0.1, 0.15) is 30.7 Å². The van der Waals surface area contributed by atoms with Crippen molar-refractivity contribution in [2.24, 2.45) is 0 Å². The Morgan fingerprint density at radius 3 is 2.76 bits per heavy atom. The molecular formula is C14H22N4O2S. The largest absolute Gasteiger partial charge is 0.345 e. The van der Waals surface area contributed by atoms with Gasteiger partial charge in [-0.2, -0.15) is 0 Å². The van der Waals surface area contributed by atoms with Gasteiger partial charge >= 0.3 is 6.03 Å². The molecule has 1 fully saturated rings. The molecule has 0 aromatic carbocycles. The molecule has 6 nitrogen and oxygen atoms in total. The predicted octanol–water partition coefficient (Wildman–Crippen LogP) is 1.51. The summed E-state index contributed by atoms with van der Waals surface area (Å²) in [6.45, 7) is 4.05. The van der Waals surface area contributed by atoms with Gasteiger partial charge in [0, 0.05) is 44.2 Å². The minimum atomic E-state index is -0.148. The van der Waals surface area contributed by atoms with Crippen molar-refractivity contribution >= 4 is 23.3 Å². The Bertz CT molecular complexity index is 469. The number of urea groups is 1. The van der Waals surface area contributed by atoms with E-state index in [0.717, 1.165) is 17.8 Å². The van der Waals surface area contributed by atoms with Crippen molar-refractivity contribution in [1.82, 2.24) is 20.1 Å². The quantitative estimate of drug-likeness (QED) is 0.917. The fourth-order valence-electron chi connectivity index (χ4n) is 2.34. The summed E-state index contributed by atoms with van der Waals surface area (Å²) in [6.07, 6.45) is 3.70. The second-order valence-electron chi connectivity index (χ2n) is 5.20. The summed E-state index contributed by atoms with van der Waals surface area (Å²) in [6, 6.07) is -0.148. The third-order valence-electron chi connectivity index (χ3n) is 3.87. The average Bonchev–Trinajstić information content (AvgIpc) is 3.06. The minimum absolute atomic E-state index is 0.0651. The number of rotatable bonds is 4. The third-order valence-corrected chi connectivity index (χ3v) is 4.81. The monoisotopic (exact) mass is 310 g/mol. The van der Waals surface area contributed by atoms with Crippen molar-refractivity contribution in [3.63, 3.8) is 0 Å². The molecule has 1 aliphatic heterocycles. The SMILES string of the molecule is CCN(C)C(=O)CNC(=O)N1CCC(c2nccs2)CC1. The molecule has 1 aliphatic rings. The Morgan fingerprint density at radius 2 is 2.19 bits per heavy atom. The maximum atomic E-state index is 12.0. The number of aromatic nitrogens is 1. The van der Waals surface area contributed by atoms with E-state index < -0.39 is 0 Å². The van der Waals surface area contributed by atoms with E-state index in [9.17, 15) is 9.59 Å². The van der Waals surface area contributed by atoms with E-state index in [4.69, 9.17) is 0 Å². The lowest BCUT2D eigenvalue weighted by Crippen LogP contribution is -2.47. The van der Waals surface area contributed by atoms with Gasteiger partial charge in [-0.25, -0.2) is 9.78 Å². The Hall–Kier alpha value is -1.63. The fourth-order valence-corrected chi connectivity index (χ4v) is 3.15. The first-order valence-electron chi connectivity index (χ1n) is 7.28. The summed E-state index contributed by atoms with van der Waals surface area (Å²) in [5.74, 6) is 0.394. The van der Waals surface area contributed by atoms with Gasteiger partial charge in [0.1, 0.15) is 0 Å². The molecule has 2 heterocycles. The van der Waals surface area contributed by atoms with Crippen LogP contribution in [0.3, 0.4) is 0 Å². The summed E-state index contributed by atoms with van der Waals surface area (Å²) < 4.78 is 0. The van der Waals surface area contributed by atoms with Gasteiger partial charge < -0.3 is 15.1 Å². The zero-order chi connectivity index (χ0) is 15.2.